The smallest absolute Gasteiger partial charge is 0.135 e. The Bertz CT molecular complexity index is 806. The summed E-state index contributed by atoms with van der Waals surface area (Å²) < 4.78 is 0. The number of rotatable bonds is 4. The van der Waals surface area contributed by atoms with Gasteiger partial charge in [0.15, 0.2) is 0 Å². The molecule has 130 valence electrons. The van der Waals surface area contributed by atoms with Crippen LogP contribution in [0.25, 0.3) is 0 Å². The summed E-state index contributed by atoms with van der Waals surface area (Å²) in [7, 11) is 1.98. The summed E-state index contributed by atoms with van der Waals surface area (Å²) in [4.78, 5) is 9.04. The molecule has 25 heavy (non-hydrogen) atoms. The van der Waals surface area contributed by atoms with Gasteiger partial charge in [-0.05, 0) is 35.9 Å². The minimum Gasteiger partial charge on any atom is -0.395 e. The molecule has 2 heterocycles. The number of amidine groups is 1. The lowest BCUT2D eigenvalue weighted by atomic mass is 10.0. The van der Waals surface area contributed by atoms with Crippen molar-refractivity contribution < 1.29 is 5.11 Å². The number of halogens is 1. The summed E-state index contributed by atoms with van der Waals surface area (Å²) in [5, 5.41) is 13.4. The van der Waals surface area contributed by atoms with Gasteiger partial charge >= 0.3 is 0 Å². The van der Waals surface area contributed by atoms with Crippen LogP contribution in [-0.4, -0.2) is 49.1 Å². The molecule has 5 nitrogen and oxygen atoms in total. The average Bonchev–Trinajstić information content (AvgIpc) is 3.11. The molecule has 0 aliphatic carbocycles. The predicted octanol–water partition coefficient (Wildman–Crippen LogP) is 2.96. The van der Waals surface area contributed by atoms with Crippen molar-refractivity contribution in [1.82, 2.24) is 4.90 Å². The van der Waals surface area contributed by atoms with Crippen molar-refractivity contribution in [3.8, 4) is 0 Å². The van der Waals surface area contributed by atoms with E-state index in [2.05, 4.69) is 34.5 Å². The SMILES string of the molecule is CN(CCO)c1ccc([C@H]2Nc3cc(Cl)ccc3C3=NCCN32)cc1. The van der Waals surface area contributed by atoms with E-state index in [4.69, 9.17) is 21.7 Å². The van der Waals surface area contributed by atoms with E-state index in [1.807, 2.05) is 30.1 Å². The normalized spacial score (nSPS) is 18.3. The van der Waals surface area contributed by atoms with Gasteiger partial charge < -0.3 is 20.2 Å². The topological polar surface area (TPSA) is 51.1 Å². The van der Waals surface area contributed by atoms with Crippen LogP contribution in [0.2, 0.25) is 5.02 Å². The summed E-state index contributed by atoms with van der Waals surface area (Å²) in [5.74, 6) is 1.04. The number of hydrogen-bond acceptors (Lipinski definition) is 5. The number of aliphatic hydroxyl groups is 1. The zero-order valence-electron chi connectivity index (χ0n) is 14.1. The molecule has 2 aliphatic rings. The summed E-state index contributed by atoms with van der Waals surface area (Å²) in [6.45, 7) is 2.48. The van der Waals surface area contributed by atoms with Gasteiger partial charge in [0.25, 0.3) is 0 Å². The third kappa shape index (κ3) is 2.94. The average molecular weight is 357 g/mol. The summed E-state index contributed by atoms with van der Waals surface area (Å²) in [6, 6.07) is 14.3. The highest BCUT2D eigenvalue weighted by Gasteiger charge is 2.33. The first-order valence-electron chi connectivity index (χ1n) is 8.47. The monoisotopic (exact) mass is 356 g/mol. The molecule has 0 aromatic heterocycles. The van der Waals surface area contributed by atoms with Crippen molar-refractivity contribution in [2.24, 2.45) is 4.99 Å². The fourth-order valence-corrected chi connectivity index (χ4v) is 3.63. The number of nitrogens with one attached hydrogen (secondary N) is 1. The molecular formula is C19H21ClN4O. The molecule has 0 saturated heterocycles. The summed E-state index contributed by atoms with van der Waals surface area (Å²) in [5.41, 5.74) is 4.40. The number of fused-ring (bicyclic) bond motifs is 3. The van der Waals surface area contributed by atoms with E-state index in [1.165, 1.54) is 5.56 Å². The summed E-state index contributed by atoms with van der Waals surface area (Å²) in [6.07, 6.45) is 0.0458. The van der Waals surface area contributed by atoms with Crippen molar-refractivity contribution in [2.45, 2.75) is 6.17 Å². The van der Waals surface area contributed by atoms with Crippen molar-refractivity contribution >= 4 is 28.8 Å². The van der Waals surface area contributed by atoms with Crippen LogP contribution in [0.5, 0.6) is 0 Å². The van der Waals surface area contributed by atoms with Gasteiger partial charge in [-0.2, -0.15) is 0 Å². The maximum absolute atomic E-state index is 9.09. The van der Waals surface area contributed by atoms with E-state index >= 15 is 0 Å². The molecule has 0 bridgehead atoms. The van der Waals surface area contributed by atoms with Gasteiger partial charge in [0.05, 0.1) is 13.2 Å². The lowest BCUT2D eigenvalue weighted by Crippen LogP contribution is -2.41. The van der Waals surface area contributed by atoms with Crippen LogP contribution in [-0.2, 0) is 0 Å². The fourth-order valence-electron chi connectivity index (χ4n) is 3.46. The molecule has 2 aromatic rings. The quantitative estimate of drug-likeness (QED) is 0.884. The Morgan fingerprint density at radius 2 is 2.08 bits per heavy atom. The number of aliphatic hydroxyl groups excluding tert-OH is 1. The molecule has 4 rings (SSSR count). The van der Waals surface area contributed by atoms with Gasteiger partial charge in [0, 0.05) is 42.1 Å². The molecule has 2 N–H and O–H groups in total. The highest BCUT2D eigenvalue weighted by Crippen LogP contribution is 2.36. The molecule has 2 aromatic carbocycles. The zero-order chi connectivity index (χ0) is 17.4. The van der Waals surface area contributed by atoms with Crippen LogP contribution in [0, 0.1) is 0 Å². The molecule has 0 radical (unpaired) electrons. The Hall–Kier alpha value is -2.24. The van der Waals surface area contributed by atoms with Crippen LogP contribution in [0.4, 0.5) is 11.4 Å². The number of nitrogens with zero attached hydrogens (tertiary/aromatic N) is 3. The first-order chi connectivity index (χ1) is 12.2. The van der Waals surface area contributed by atoms with Crippen LogP contribution in [0.15, 0.2) is 47.5 Å². The van der Waals surface area contributed by atoms with E-state index in [0.717, 1.165) is 40.9 Å². The number of likely N-dealkylation sites (N-methyl/N-ethyl adjacent to an activating group) is 1. The molecule has 1 atom stereocenters. The van der Waals surface area contributed by atoms with E-state index in [1.54, 1.807) is 0 Å². The van der Waals surface area contributed by atoms with Crippen LogP contribution in [0.1, 0.15) is 17.3 Å². The largest absolute Gasteiger partial charge is 0.395 e. The predicted molar refractivity (Wildman–Crippen MR) is 103 cm³/mol. The van der Waals surface area contributed by atoms with Crippen molar-refractivity contribution in [1.29, 1.82) is 0 Å². The molecule has 0 saturated carbocycles. The number of hydrogen-bond donors (Lipinski definition) is 2. The van der Waals surface area contributed by atoms with E-state index in [0.29, 0.717) is 6.54 Å². The minimum absolute atomic E-state index is 0.0458. The van der Waals surface area contributed by atoms with Crippen molar-refractivity contribution in [3.05, 3.63) is 58.6 Å². The maximum atomic E-state index is 9.09. The maximum Gasteiger partial charge on any atom is 0.135 e. The van der Waals surface area contributed by atoms with Gasteiger partial charge in [-0.3, -0.25) is 4.99 Å². The zero-order valence-corrected chi connectivity index (χ0v) is 14.9. The lowest BCUT2D eigenvalue weighted by molar-refractivity contribution is 0.304. The first-order valence-corrected chi connectivity index (χ1v) is 8.84. The van der Waals surface area contributed by atoms with Crippen LogP contribution < -0.4 is 10.2 Å². The van der Waals surface area contributed by atoms with Gasteiger partial charge in [-0.1, -0.05) is 23.7 Å². The first kappa shape index (κ1) is 16.2. The lowest BCUT2D eigenvalue weighted by Gasteiger charge is -2.38. The second-order valence-electron chi connectivity index (χ2n) is 6.37. The van der Waals surface area contributed by atoms with Gasteiger partial charge in [0.1, 0.15) is 12.0 Å². The Balaban J connectivity index is 1.66. The molecule has 0 spiro atoms. The highest BCUT2D eigenvalue weighted by molar-refractivity contribution is 6.31. The van der Waals surface area contributed by atoms with Gasteiger partial charge in [-0.25, -0.2) is 0 Å². The molecule has 6 heteroatoms. The Morgan fingerprint density at radius 3 is 2.84 bits per heavy atom. The highest BCUT2D eigenvalue weighted by atomic mass is 35.5. The molecule has 0 amide bonds. The third-order valence-corrected chi connectivity index (χ3v) is 5.02. The molecule has 2 aliphatic heterocycles. The molecule has 0 unspecified atom stereocenters. The second-order valence-corrected chi connectivity index (χ2v) is 6.81. The Labute approximate surface area is 152 Å². The van der Waals surface area contributed by atoms with Gasteiger partial charge in [-0.15, -0.1) is 0 Å². The number of anilines is 2. The van der Waals surface area contributed by atoms with E-state index in [-0.39, 0.29) is 12.8 Å². The van der Waals surface area contributed by atoms with Crippen molar-refractivity contribution in [2.75, 3.05) is 43.5 Å². The fraction of sp³-hybridized carbons (Fsp3) is 0.316. The standard InChI is InChI=1S/C19H21ClN4O/c1-23(10-11-25)15-5-2-13(3-6-15)18-22-17-12-14(20)4-7-16(17)19-21-8-9-24(18)19/h2-7,12,18,22,25H,8-11H2,1H3/t18-/m0/s1. The van der Waals surface area contributed by atoms with E-state index in [9.17, 15) is 0 Å². The van der Waals surface area contributed by atoms with E-state index < -0.39 is 0 Å². The Morgan fingerprint density at radius 1 is 1.28 bits per heavy atom. The van der Waals surface area contributed by atoms with Gasteiger partial charge in [0.2, 0.25) is 0 Å². The number of aliphatic imine (C=N–C) groups is 1. The molecule has 0 fully saturated rings. The van der Waals surface area contributed by atoms with Crippen LogP contribution >= 0.6 is 11.6 Å². The molecular weight excluding hydrogens is 336 g/mol. The minimum atomic E-state index is 0.0458. The number of benzene rings is 2. The second kappa shape index (κ2) is 6.58. The Kier molecular flexibility index (Phi) is 4.27. The summed E-state index contributed by atoms with van der Waals surface area (Å²) >= 11 is 6.18. The van der Waals surface area contributed by atoms with Crippen LogP contribution in [0.3, 0.4) is 0 Å². The third-order valence-electron chi connectivity index (χ3n) is 4.79. The van der Waals surface area contributed by atoms with Crippen molar-refractivity contribution in [3.63, 3.8) is 0 Å².